The maximum absolute atomic E-state index is 14.3. The second-order valence-electron chi connectivity index (χ2n) is 7.80. The second kappa shape index (κ2) is 7.80. The van der Waals surface area contributed by atoms with Crippen LogP contribution in [0.15, 0.2) is 30.6 Å². The Bertz CT molecular complexity index is 1190. The van der Waals surface area contributed by atoms with E-state index in [1.54, 1.807) is 18.5 Å². The summed E-state index contributed by atoms with van der Waals surface area (Å²) in [5.41, 5.74) is 2.61. The van der Waals surface area contributed by atoms with Crippen LogP contribution in [0.5, 0.6) is 0 Å². The number of fused-ring (bicyclic) bond motifs is 4. The summed E-state index contributed by atoms with van der Waals surface area (Å²) in [6.45, 7) is 1.82. The van der Waals surface area contributed by atoms with E-state index < -0.39 is 5.82 Å². The van der Waals surface area contributed by atoms with E-state index in [-0.39, 0.29) is 33.6 Å². The van der Waals surface area contributed by atoms with Gasteiger partial charge in [0.2, 0.25) is 0 Å². The van der Waals surface area contributed by atoms with Crippen LogP contribution in [0.1, 0.15) is 52.7 Å². The lowest BCUT2D eigenvalue weighted by molar-refractivity contribution is 0.0388. The number of aryl methyl sites for hydroxylation is 1. The Kier molecular flexibility index (Phi) is 5.10. The summed E-state index contributed by atoms with van der Waals surface area (Å²) in [4.78, 5) is 33.4. The van der Waals surface area contributed by atoms with Crippen molar-refractivity contribution >= 4 is 29.1 Å². The van der Waals surface area contributed by atoms with Crippen LogP contribution in [0.3, 0.4) is 0 Å². The van der Waals surface area contributed by atoms with Gasteiger partial charge in [-0.05, 0) is 50.8 Å². The number of amides is 1. The van der Waals surface area contributed by atoms with Gasteiger partial charge in [-0.3, -0.25) is 4.79 Å². The monoisotopic (exact) mass is 457 g/mol. The summed E-state index contributed by atoms with van der Waals surface area (Å²) in [7, 11) is 0. The highest BCUT2D eigenvalue weighted by Crippen LogP contribution is 2.44. The number of rotatable bonds is 2. The van der Waals surface area contributed by atoms with Gasteiger partial charge in [0, 0.05) is 24.0 Å². The molecule has 0 aliphatic carbocycles. The maximum Gasteiger partial charge on any atom is 0.256 e. The first kappa shape index (κ1) is 20.3. The van der Waals surface area contributed by atoms with Gasteiger partial charge in [-0.2, -0.15) is 0 Å². The number of carbonyl (C=O) groups is 1. The molecule has 1 saturated heterocycles. The van der Waals surface area contributed by atoms with E-state index in [1.807, 2.05) is 11.8 Å². The Hall–Kier alpha value is -2.64. The number of halogens is 3. The summed E-state index contributed by atoms with van der Waals surface area (Å²) in [5, 5.41) is -0.361. The van der Waals surface area contributed by atoms with Gasteiger partial charge in [-0.15, -0.1) is 0 Å². The number of piperidine rings is 1. The van der Waals surface area contributed by atoms with Gasteiger partial charge in [0.15, 0.2) is 11.6 Å². The molecule has 2 aliphatic rings. The van der Waals surface area contributed by atoms with E-state index in [4.69, 9.17) is 28.2 Å². The lowest BCUT2D eigenvalue weighted by Crippen LogP contribution is -2.50. The van der Waals surface area contributed by atoms with E-state index >= 15 is 0 Å². The molecule has 3 aromatic rings. The van der Waals surface area contributed by atoms with Crippen LogP contribution in [-0.4, -0.2) is 36.8 Å². The Morgan fingerprint density at radius 3 is 2.71 bits per heavy atom. The third-order valence-corrected chi connectivity index (χ3v) is 6.59. The van der Waals surface area contributed by atoms with Crippen LogP contribution in [0.25, 0.3) is 11.5 Å². The van der Waals surface area contributed by atoms with Gasteiger partial charge in [0.05, 0.1) is 27.3 Å². The van der Waals surface area contributed by atoms with Crippen molar-refractivity contribution in [1.29, 1.82) is 0 Å². The van der Waals surface area contributed by atoms with E-state index in [2.05, 4.69) is 15.0 Å². The van der Waals surface area contributed by atoms with Crippen LogP contribution < -0.4 is 0 Å². The molecule has 0 N–H and O–H groups in total. The zero-order valence-corrected chi connectivity index (χ0v) is 18.2. The first-order valence-corrected chi connectivity index (χ1v) is 10.8. The van der Waals surface area contributed by atoms with Crippen molar-refractivity contribution in [1.82, 2.24) is 24.8 Å². The molecule has 31 heavy (non-hydrogen) atoms. The van der Waals surface area contributed by atoms with Crippen LogP contribution in [-0.2, 0) is 6.42 Å². The molecule has 1 fully saturated rings. The van der Waals surface area contributed by atoms with Crippen molar-refractivity contribution in [2.24, 2.45) is 0 Å². The number of carbonyl (C=O) groups excluding carboxylic acids is 1. The average Bonchev–Trinajstić information content (AvgIpc) is 2.77. The first-order valence-electron chi connectivity index (χ1n) is 10.1. The quantitative estimate of drug-likeness (QED) is 0.507. The van der Waals surface area contributed by atoms with E-state index in [1.165, 1.54) is 12.1 Å². The third kappa shape index (κ3) is 3.36. The van der Waals surface area contributed by atoms with Crippen molar-refractivity contribution in [3.05, 3.63) is 69.1 Å². The molecule has 0 unspecified atom stereocenters. The minimum Gasteiger partial charge on any atom is -0.327 e. The van der Waals surface area contributed by atoms with Crippen LogP contribution >= 0.6 is 23.2 Å². The van der Waals surface area contributed by atoms with Gasteiger partial charge in [-0.1, -0.05) is 23.2 Å². The smallest absolute Gasteiger partial charge is 0.256 e. The Labute approximate surface area is 188 Å². The molecule has 2 bridgehead atoms. The highest BCUT2D eigenvalue weighted by molar-refractivity contribution is 6.37. The molecule has 6 nitrogen and oxygen atoms in total. The zero-order chi connectivity index (χ0) is 21.7. The maximum atomic E-state index is 14.3. The van der Waals surface area contributed by atoms with Gasteiger partial charge in [0.25, 0.3) is 5.91 Å². The van der Waals surface area contributed by atoms with Crippen LogP contribution in [0.2, 0.25) is 10.0 Å². The summed E-state index contributed by atoms with van der Waals surface area (Å²) in [6, 6.07) is 4.29. The van der Waals surface area contributed by atoms with Crippen molar-refractivity contribution in [3.63, 3.8) is 0 Å². The lowest BCUT2D eigenvalue weighted by Gasteiger charge is -2.46. The number of nitrogens with zero attached hydrogens (tertiary/aromatic N) is 5. The van der Waals surface area contributed by atoms with Gasteiger partial charge in [0.1, 0.15) is 11.5 Å². The Morgan fingerprint density at radius 2 is 1.94 bits per heavy atom. The molecule has 0 saturated carbocycles. The predicted octanol–water partition coefficient (Wildman–Crippen LogP) is 4.98. The van der Waals surface area contributed by atoms with Crippen molar-refractivity contribution in [2.75, 3.05) is 0 Å². The molecular weight excluding hydrogens is 440 g/mol. The lowest BCUT2D eigenvalue weighted by atomic mass is 9.81. The molecule has 0 radical (unpaired) electrons. The van der Waals surface area contributed by atoms with E-state index in [9.17, 15) is 9.18 Å². The van der Waals surface area contributed by atoms with Gasteiger partial charge >= 0.3 is 0 Å². The van der Waals surface area contributed by atoms with E-state index in [0.29, 0.717) is 23.8 Å². The zero-order valence-electron chi connectivity index (χ0n) is 16.6. The van der Waals surface area contributed by atoms with Crippen molar-refractivity contribution < 1.29 is 9.18 Å². The molecule has 5 rings (SSSR count). The average molecular weight is 458 g/mol. The fourth-order valence-corrected chi connectivity index (χ4v) is 5.07. The largest absolute Gasteiger partial charge is 0.327 e. The first-order chi connectivity index (χ1) is 15.0. The Balaban J connectivity index is 1.62. The van der Waals surface area contributed by atoms with Crippen molar-refractivity contribution in [2.45, 2.75) is 44.7 Å². The highest BCUT2D eigenvalue weighted by atomic mass is 35.5. The molecule has 1 amide bonds. The summed E-state index contributed by atoms with van der Waals surface area (Å²) in [5.74, 6) is 0.0474. The number of hydrogen-bond donors (Lipinski definition) is 0. The van der Waals surface area contributed by atoms with Gasteiger partial charge < -0.3 is 4.90 Å². The topological polar surface area (TPSA) is 71.9 Å². The SMILES string of the molecule is Cc1nc(-c2ncccn2)c2c(n1)[C@H]1CCC[C@@H](C2)N1C(=O)c1ccc(Cl)c(F)c1Cl. The number of aromatic nitrogens is 4. The fraction of sp³-hybridized carbons (Fsp3) is 0.318. The molecule has 1 aromatic carbocycles. The summed E-state index contributed by atoms with van der Waals surface area (Å²) < 4.78 is 14.3. The molecular formula is C22H18Cl2FN5O. The third-order valence-electron chi connectivity index (χ3n) is 5.93. The van der Waals surface area contributed by atoms with Crippen molar-refractivity contribution in [3.8, 4) is 11.5 Å². The normalized spacial score (nSPS) is 19.8. The van der Waals surface area contributed by atoms with Gasteiger partial charge in [-0.25, -0.2) is 24.3 Å². The van der Waals surface area contributed by atoms with Crippen LogP contribution in [0.4, 0.5) is 4.39 Å². The van der Waals surface area contributed by atoms with E-state index in [0.717, 1.165) is 30.5 Å². The second-order valence-corrected chi connectivity index (χ2v) is 8.58. The Morgan fingerprint density at radius 1 is 1.16 bits per heavy atom. The fourth-order valence-electron chi connectivity index (χ4n) is 4.62. The van der Waals surface area contributed by atoms with Crippen LogP contribution in [0, 0.1) is 12.7 Å². The molecule has 2 atom stereocenters. The predicted molar refractivity (Wildman–Crippen MR) is 114 cm³/mol. The number of benzene rings is 1. The standard InChI is InChI=1S/C22H18Cl2FN5O/c1-11-28-19-14(20(29-11)21-26-8-3-9-27-21)10-12-4-2-5-16(19)30(12)22(31)13-6-7-15(23)18(25)17(13)24/h3,6-9,12,16H,2,4-5,10H2,1H3/t12-,16+/m0/s1. The molecule has 2 aromatic heterocycles. The summed E-state index contributed by atoms with van der Waals surface area (Å²) in [6.07, 6.45) is 6.51. The minimum atomic E-state index is -0.779. The number of hydrogen-bond acceptors (Lipinski definition) is 5. The molecule has 2 aliphatic heterocycles. The minimum absolute atomic E-state index is 0.0673. The molecule has 0 spiro atoms. The molecule has 4 heterocycles. The highest BCUT2D eigenvalue weighted by Gasteiger charge is 2.43. The molecule has 9 heteroatoms. The molecule has 158 valence electrons. The summed E-state index contributed by atoms with van der Waals surface area (Å²) >= 11 is 12.0.